The lowest BCUT2D eigenvalue weighted by atomic mass is 10.1. The second-order valence-corrected chi connectivity index (χ2v) is 4.99. The normalized spacial score (nSPS) is 10.4. The zero-order chi connectivity index (χ0) is 16.1. The van der Waals surface area contributed by atoms with E-state index in [1.54, 1.807) is 0 Å². The van der Waals surface area contributed by atoms with Gasteiger partial charge in [-0.3, -0.25) is 4.79 Å². The van der Waals surface area contributed by atoms with Gasteiger partial charge < -0.3 is 10.6 Å². The number of hydrogen-bond donors (Lipinski definition) is 2. The fraction of sp³-hybridized carbons (Fsp3) is 0.235. The van der Waals surface area contributed by atoms with Crippen LogP contribution in [0.3, 0.4) is 0 Å². The first-order chi connectivity index (χ1) is 10.5. The Morgan fingerprint density at radius 1 is 1.18 bits per heavy atom. The summed E-state index contributed by atoms with van der Waals surface area (Å²) in [4.78, 5) is 12.0. The first-order valence-corrected chi connectivity index (χ1v) is 7.08. The first kappa shape index (κ1) is 15.9. The fourth-order valence-electron chi connectivity index (χ4n) is 2.19. The van der Waals surface area contributed by atoms with Crippen LogP contribution in [0.1, 0.15) is 18.1 Å². The average Bonchev–Trinajstić information content (AvgIpc) is 2.48. The van der Waals surface area contributed by atoms with E-state index >= 15 is 0 Å². The van der Waals surface area contributed by atoms with Gasteiger partial charge >= 0.3 is 0 Å². The number of hydrogen-bond acceptors (Lipinski definition) is 2. The Balaban J connectivity index is 2.02. The minimum Gasteiger partial charge on any atom is -0.374 e. The van der Waals surface area contributed by atoms with Crippen molar-refractivity contribution in [3.05, 3.63) is 59.2 Å². The lowest BCUT2D eigenvalue weighted by Gasteiger charge is -2.14. The van der Waals surface area contributed by atoms with Gasteiger partial charge in [-0.1, -0.05) is 25.1 Å². The van der Waals surface area contributed by atoms with Crippen molar-refractivity contribution in [2.24, 2.45) is 0 Å². The van der Waals surface area contributed by atoms with Crippen LogP contribution in [0.4, 0.5) is 20.2 Å². The van der Waals surface area contributed by atoms with E-state index < -0.39 is 11.6 Å². The molecule has 0 aliphatic rings. The highest BCUT2D eigenvalue weighted by Gasteiger charge is 2.10. The zero-order valence-corrected chi connectivity index (χ0v) is 12.5. The quantitative estimate of drug-likeness (QED) is 0.880. The van der Waals surface area contributed by atoms with Crippen LogP contribution in [0.5, 0.6) is 0 Å². The molecular weight excluding hydrogens is 286 g/mol. The number of para-hydroxylation sites is 1. The number of benzene rings is 2. The largest absolute Gasteiger partial charge is 0.374 e. The van der Waals surface area contributed by atoms with Gasteiger partial charge in [-0.05, 0) is 36.6 Å². The first-order valence-electron chi connectivity index (χ1n) is 7.08. The molecule has 0 unspecified atom stereocenters. The molecule has 2 aromatic carbocycles. The number of carbonyl (C=O) groups excluding carboxylic acids is 1. The molecule has 0 bridgehead atoms. The highest BCUT2D eigenvalue weighted by atomic mass is 19.1. The molecule has 116 valence electrons. The molecule has 0 aromatic heterocycles. The molecule has 2 N–H and O–H groups in total. The van der Waals surface area contributed by atoms with Crippen LogP contribution in [0.2, 0.25) is 0 Å². The van der Waals surface area contributed by atoms with Gasteiger partial charge in [0.15, 0.2) is 0 Å². The number of nitrogens with one attached hydrogen (secondary N) is 2. The minimum absolute atomic E-state index is 0.0945. The van der Waals surface area contributed by atoms with E-state index in [0.717, 1.165) is 35.4 Å². The molecule has 0 spiro atoms. The summed E-state index contributed by atoms with van der Waals surface area (Å²) >= 11 is 0. The number of amides is 1. The molecule has 5 heteroatoms. The molecule has 0 aliphatic heterocycles. The third-order valence-corrected chi connectivity index (χ3v) is 3.37. The molecule has 0 saturated heterocycles. The third-order valence-electron chi connectivity index (χ3n) is 3.37. The number of aryl methyl sites for hydroxylation is 2. The van der Waals surface area contributed by atoms with Crippen molar-refractivity contribution in [1.82, 2.24) is 0 Å². The van der Waals surface area contributed by atoms with E-state index in [9.17, 15) is 13.6 Å². The van der Waals surface area contributed by atoms with Crippen molar-refractivity contribution in [2.75, 3.05) is 17.2 Å². The summed E-state index contributed by atoms with van der Waals surface area (Å²) in [6.45, 7) is 3.83. The summed E-state index contributed by atoms with van der Waals surface area (Å²) in [6, 6.07) is 8.99. The number of rotatable bonds is 5. The van der Waals surface area contributed by atoms with Crippen LogP contribution in [0.25, 0.3) is 0 Å². The van der Waals surface area contributed by atoms with Crippen LogP contribution >= 0.6 is 0 Å². The zero-order valence-electron chi connectivity index (χ0n) is 12.5. The van der Waals surface area contributed by atoms with Crippen molar-refractivity contribution in [3.63, 3.8) is 0 Å². The van der Waals surface area contributed by atoms with Gasteiger partial charge in [-0.25, -0.2) is 8.78 Å². The molecule has 22 heavy (non-hydrogen) atoms. The molecule has 1 amide bonds. The van der Waals surface area contributed by atoms with Crippen LogP contribution in [-0.4, -0.2) is 12.5 Å². The molecule has 0 heterocycles. The highest BCUT2D eigenvalue weighted by molar-refractivity contribution is 5.95. The maximum atomic E-state index is 13.5. The maximum Gasteiger partial charge on any atom is 0.243 e. The van der Waals surface area contributed by atoms with Crippen molar-refractivity contribution in [2.45, 2.75) is 20.3 Å². The average molecular weight is 304 g/mol. The van der Waals surface area contributed by atoms with Gasteiger partial charge in [0.25, 0.3) is 0 Å². The fourth-order valence-corrected chi connectivity index (χ4v) is 2.19. The van der Waals surface area contributed by atoms with E-state index in [1.165, 1.54) is 6.07 Å². The molecule has 0 aliphatic carbocycles. The Bertz CT molecular complexity index is 686. The summed E-state index contributed by atoms with van der Waals surface area (Å²) in [5.41, 5.74) is 2.90. The van der Waals surface area contributed by atoms with Crippen molar-refractivity contribution < 1.29 is 13.6 Å². The SMILES string of the molecule is CCc1cccc(C)c1NC(=O)CNc1ccc(F)cc1F. The van der Waals surface area contributed by atoms with Crippen LogP contribution < -0.4 is 10.6 Å². The van der Waals surface area contributed by atoms with E-state index in [-0.39, 0.29) is 18.1 Å². The summed E-state index contributed by atoms with van der Waals surface area (Å²) < 4.78 is 26.3. The van der Waals surface area contributed by atoms with Crippen LogP contribution in [0.15, 0.2) is 36.4 Å². The molecule has 0 fully saturated rings. The Morgan fingerprint density at radius 2 is 1.95 bits per heavy atom. The number of halogens is 2. The molecule has 2 aromatic rings. The van der Waals surface area contributed by atoms with Gasteiger partial charge in [0.2, 0.25) is 5.91 Å². The topological polar surface area (TPSA) is 41.1 Å². The molecular formula is C17H18F2N2O. The van der Waals surface area contributed by atoms with Crippen molar-refractivity contribution in [1.29, 1.82) is 0 Å². The summed E-state index contributed by atoms with van der Waals surface area (Å²) in [7, 11) is 0. The molecule has 0 radical (unpaired) electrons. The summed E-state index contributed by atoms with van der Waals surface area (Å²) in [5.74, 6) is -1.66. The molecule has 3 nitrogen and oxygen atoms in total. The highest BCUT2D eigenvalue weighted by Crippen LogP contribution is 2.21. The predicted octanol–water partition coefficient (Wildman–Crippen LogP) is 3.89. The van der Waals surface area contributed by atoms with Gasteiger partial charge in [0, 0.05) is 11.8 Å². The minimum atomic E-state index is -0.724. The second-order valence-electron chi connectivity index (χ2n) is 4.99. The predicted molar refractivity (Wildman–Crippen MR) is 84.0 cm³/mol. The van der Waals surface area contributed by atoms with Crippen LogP contribution in [0, 0.1) is 18.6 Å². The van der Waals surface area contributed by atoms with E-state index in [2.05, 4.69) is 10.6 Å². The second kappa shape index (κ2) is 7.02. The third kappa shape index (κ3) is 3.81. The van der Waals surface area contributed by atoms with Crippen molar-refractivity contribution >= 4 is 17.3 Å². The summed E-state index contributed by atoms with van der Waals surface area (Å²) in [6.07, 6.45) is 0.803. The Labute approximate surface area is 128 Å². The Morgan fingerprint density at radius 3 is 2.64 bits per heavy atom. The Hall–Kier alpha value is -2.43. The van der Waals surface area contributed by atoms with Gasteiger partial charge in [0.05, 0.1) is 12.2 Å². The van der Waals surface area contributed by atoms with E-state index in [4.69, 9.17) is 0 Å². The number of anilines is 2. The maximum absolute atomic E-state index is 13.5. The smallest absolute Gasteiger partial charge is 0.243 e. The van der Waals surface area contributed by atoms with Crippen molar-refractivity contribution in [3.8, 4) is 0 Å². The Kier molecular flexibility index (Phi) is 5.09. The van der Waals surface area contributed by atoms with Gasteiger partial charge in [-0.15, -0.1) is 0 Å². The van der Waals surface area contributed by atoms with E-state index in [1.807, 2.05) is 32.0 Å². The number of carbonyl (C=O) groups is 1. The standard InChI is InChI=1S/C17H18F2N2O/c1-3-12-6-4-5-11(2)17(12)21-16(22)10-20-15-8-7-13(18)9-14(15)19/h4-9,20H,3,10H2,1-2H3,(H,21,22). The van der Waals surface area contributed by atoms with Crippen LogP contribution in [-0.2, 0) is 11.2 Å². The molecule has 0 saturated carbocycles. The lowest BCUT2D eigenvalue weighted by Crippen LogP contribution is -2.23. The molecule has 0 atom stereocenters. The van der Waals surface area contributed by atoms with E-state index in [0.29, 0.717) is 0 Å². The van der Waals surface area contributed by atoms with Gasteiger partial charge in [0.1, 0.15) is 11.6 Å². The lowest BCUT2D eigenvalue weighted by molar-refractivity contribution is -0.114. The monoisotopic (exact) mass is 304 g/mol. The van der Waals surface area contributed by atoms with Gasteiger partial charge in [-0.2, -0.15) is 0 Å². The molecule has 2 rings (SSSR count). The summed E-state index contributed by atoms with van der Waals surface area (Å²) in [5, 5.41) is 5.50.